The molecule has 0 fully saturated rings. The molecule has 0 atom stereocenters. The standard InChI is InChI=1S/C18H18N4O5S2/c1-27-15-9-7-14(8-10-15)22-17(19-20-18(22)28-11-16(23)24)12-3-5-13(6-4-12)21-29(2,25)26/h3-10,21H,11H2,1-2H3,(H,23,24). The van der Waals surface area contributed by atoms with E-state index in [1.807, 2.05) is 12.1 Å². The second-order valence-corrected chi connectivity index (χ2v) is 8.66. The van der Waals surface area contributed by atoms with Crippen LogP contribution in [0.4, 0.5) is 5.69 Å². The van der Waals surface area contributed by atoms with Gasteiger partial charge in [0.1, 0.15) is 5.75 Å². The van der Waals surface area contributed by atoms with Gasteiger partial charge in [0.25, 0.3) is 0 Å². The van der Waals surface area contributed by atoms with Crippen molar-refractivity contribution in [3.05, 3.63) is 48.5 Å². The maximum atomic E-state index is 11.4. The fourth-order valence-electron chi connectivity index (χ4n) is 2.54. The van der Waals surface area contributed by atoms with Gasteiger partial charge in [0.2, 0.25) is 10.0 Å². The summed E-state index contributed by atoms with van der Waals surface area (Å²) in [6.07, 6.45) is 1.08. The SMILES string of the molecule is COc1ccc(-n2c(SCC(=O)O)nnc2-c2ccc(NS(C)(=O)=O)cc2)cc1. The molecular formula is C18H18N4O5S2. The first-order valence-electron chi connectivity index (χ1n) is 8.29. The van der Waals surface area contributed by atoms with Crippen molar-refractivity contribution in [2.24, 2.45) is 0 Å². The number of aromatic nitrogens is 3. The van der Waals surface area contributed by atoms with Gasteiger partial charge in [-0.2, -0.15) is 0 Å². The van der Waals surface area contributed by atoms with Gasteiger partial charge < -0.3 is 9.84 Å². The number of nitrogens with one attached hydrogen (secondary N) is 1. The fraction of sp³-hybridized carbons (Fsp3) is 0.167. The Hall–Kier alpha value is -3.05. The van der Waals surface area contributed by atoms with Crippen LogP contribution >= 0.6 is 11.8 Å². The van der Waals surface area contributed by atoms with Crippen LogP contribution in [0, 0.1) is 0 Å². The van der Waals surface area contributed by atoms with Crippen molar-refractivity contribution in [3.63, 3.8) is 0 Å². The third-order valence-electron chi connectivity index (χ3n) is 3.74. The van der Waals surface area contributed by atoms with Crippen LogP contribution in [0.15, 0.2) is 53.7 Å². The van der Waals surface area contributed by atoms with Crippen LogP contribution in [-0.4, -0.2) is 53.4 Å². The highest BCUT2D eigenvalue weighted by Gasteiger charge is 2.17. The topological polar surface area (TPSA) is 123 Å². The Morgan fingerprint density at radius 3 is 2.34 bits per heavy atom. The maximum Gasteiger partial charge on any atom is 0.313 e. The Morgan fingerprint density at radius 2 is 1.79 bits per heavy atom. The molecule has 1 heterocycles. The molecule has 152 valence electrons. The first-order valence-corrected chi connectivity index (χ1v) is 11.2. The quantitative estimate of drug-likeness (QED) is 0.518. The van der Waals surface area contributed by atoms with Gasteiger partial charge >= 0.3 is 5.97 Å². The van der Waals surface area contributed by atoms with E-state index in [2.05, 4.69) is 14.9 Å². The lowest BCUT2D eigenvalue weighted by Gasteiger charge is -2.11. The summed E-state index contributed by atoms with van der Waals surface area (Å²) >= 11 is 1.05. The molecule has 2 N–H and O–H groups in total. The van der Waals surface area contributed by atoms with Crippen molar-refractivity contribution in [3.8, 4) is 22.8 Å². The van der Waals surface area contributed by atoms with E-state index in [-0.39, 0.29) is 5.75 Å². The summed E-state index contributed by atoms with van der Waals surface area (Å²) < 4.78 is 32.1. The molecular weight excluding hydrogens is 416 g/mol. The maximum absolute atomic E-state index is 11.4. The van der Waals surface area contributed by atoms with Gasteiger partial charge in [-0.25, -0.2) is 8.42 Å². The van der Waals surface area contributed by atoms with Crippen molar-refractivity contribution in [2.45, 2.75) is 5.16 Å². The highest BCUT2D eigenvalue weighted by atomic mass is 32.2. The van der Waals surface area contributed by atoms with Gasteiger partial charge in [-0.1, -0.05) is 11.8 Å². The molecule has 0 aliphatic rings. The van der Waals surface area contributed by atoms with Gasteiger partial charge in [-0.3, -0.25) is 14.1 Å². The number of rotatable bonds is 8. The Kier molecular flexibility index (Phi) is 6.09. The van der Waals surface area contributed by atoms with E-state index in [0.717, 1.165) is 23.7 Å². The number of anilines is 1. The Balaban J connectivity index is 2.02. The molecule has 29 heavy (non-hydrogen) atoms. The van der Waals surface area contributed by atoms with E-state index in [1.54, 1.807) is 48.1 Å². The summed E-state index contributed by atoms with van der Waals surface area (Å²) in [6, 6.07) is 13.9. The average Bonchev–Trinajstić information content (AvgIpc) is 3.09. The van der Waals surface area contributed by atoms with Gasteiger partial charge in [-0.05, 0) is 48.5 Å². The number of aliphatic carboxylic acids is 1. The van der Waals surface area contributed by atoms with Crippen LogP contribution in [0.2, 0.25) is 0 Å². The molecule has 0 saturated heterocycles. The summed E-state index contributed by atoms with van der Waals surface area (Å²) in [6.45, 7) is 0. The number of ether oxygens (including phenoxy) is 1. The van der Waals surface area contributed by atoms with Crippen molar-refractivity contribution < 1.29 is 23.1 Å². The largest absolute Gasteiger partial charge is 0.497 e. The van der Waals surface area contributed by atoms with E-state index < -0.39 is 16.0 Å². The Morgan fingerprint density at radius 1 is 1.14 bits per heavy atom. The highest BCUT2D eigenvalue weighted by Crippen LogP contribution is 2.29. The zero-order valence-corrected chi connectivity index (χ0v) is 17.2. The molecule has 0 saturated carbocycles. The van der Waals surface area contributed by atoms with Crippen molar-refractivity contribution in [2.75, 3.05) is 23.8 Å². The van der Waals surface area contributed by atoms with E-state index in [4.69, 9.17) is 9.84 Å². The average molecular weight is 434 g/mol. The van der Waals surface area contributed by atoms with Crippen LogP contribution in [0.1, 0.15) is 0 Å². The lowest BCUT2D eigenvalue weighted by atomic mass is 10.2. The van der Waals surface area contributed by atoms with Crippen molar-refractivity contribution in [1.82, 2.24) is 14.8 Å². The van der Waals surface area contributed by atoms with Gasteiger partial charge in [-0.15, -0.1) is 10.2 Å². The van der Waals surface area contributed by atoms with E-state index in [0.29, 0.717) is 28.0 Å². The molecule has 11 heteroatoms. The summed E-state index contributed by atoms with van der Waals surface area (Å²) in [5.41, 5.74) is 1.85. The number of thioether (sulfide) groups is 1. The smallest absolute Gasteiger partial charge is 0.313 e. The van der Waals surface area contributed by atoms with Crippen molar-refractivity contribution >= 4 is 33.4 Å². The number of hydrogen-bond donors (Lipinski definition) is 2. The minimum absolute atomic E-state index is 0.161. The third-order valence-corrected chi connectivity index (χ3v) is 5.26. The van der Waals surface area contributed by atoms with E-state index in [9.17, 15) is 13.2 Å². The van der Waals surface area contributed by atoms with Gasteiger partial charge in [0.05, 0.1) is 19.1 Å². The normalized spacial score (nSPS) is 11.2. The molecule has 3 rings (SSSR count). The van der Waals surface area contributed by atoms with E-state index in [1.165, 1.54) is 0 Å². The number of carbonyl (C=O) groups is 1. The number of hydrogen-bond acceptors (Lipinski definition) is 7. The fourth-order valence-corrected chi connectivity index (χ4v) is 3.78. The summed E-state index contributed by atoms with van der Waals surface area (Å²) in [4.78, 5) is 11.0. The molecule has 3 aromatic rings. The molecule has 0 amide bonds. The van der Waals surface area contributed by atoms with Gasteiger partial charge in [0.15, 0.2) is 11.0 Å². The van der Waals surface area contributed by atoms with Crippen LogP contribution < -0.4 is 9.46 Å². The zero-order chi connectivity index (χ0) is 21.0. The molecule has 2 aromatic carbocycles. The summed E-state index contributed by atoms with van der Waals surface area (Å²) in [5.74, 6) is 0.0520. The predicted octanol–water partition coefficient (Wildman–Crippen LogP) is 2.49. The molecule has 0 radical (unpaired) electrons. The number of carboxylic acids is 1. The van der Waals surface area contributed by atoms with Crippen LogP contribution in [0.3, 0.4) is 0 Å². The zero-order valence-electron chi connectivity index (χ0n) is 15.6. The summed E-state index contributed by atoms with van der Waals surface area (Å²) in [7, 11) is -1.81. The Bertz CT molecular complexity index is 1110. The van der Waals surface area contributed by atoms with E-state index >= 15 is 0 Å². The minimum Gasteiger partial charge on any atom is -0.497 e. The minimum atomic E-state index is -3.38. The first-order chi connectivity index (χ1) is 13.8. The van der Waals surface area contributed by atoms with Crippen molar-refractivity contribution in [1.29, 1.82) is 0 Å². The lowest BCUT2D eigenvalue weighted by molar-refractivity contribution is -0.133. The molecule has 9 nitrogen and oxygen atoms in total. The number of benzene rings is 2. The Labute approximate surface area is 171 Å². The molecule has 0 bridgehead atoms. The second-order valence-electron chi connectivity index (χ2n) is 5.97. The number of sulfonamides is 1. The second kappa shape index (κ2) is 8.53. The van der Waals surface area contributed by atoms with Gasteiger partial charge in [0, 0.05) is 16.9 Å². The predicted molar refractivity (Wildman–Crippen MR) is 110 cm³/mol. The lowest BCUT2D eigenvalue weighted by Crippen LogP contribution is -2.09. The number of methoxy groups -OCH3 is 1. The first kappa shape index (κ1) is 20.7. The number of carboxylic acid groups (broad SMARTS) is 1. The monoisotopic (exact) mass is 434 g/mol. The third kappa shape index (κ3) is 5.27. The van der Waals surface area contributed by atoms with Crippen LogP contribution in [0.5, 0.6) is 5.75 Å². The highest BCUT2D eigenvalue weighted by molar-refractivity contribution is 7.99. The van der Waals surface area contributed by atoms with Crippen LogP contribution in [0.25, 0.3) is 17.1 Å². The molecule has 1 aromatic heterocycles. The molecule has 0 spiro atoms. The number of nitrogens with zero attached hydrogens (tertiary/aromatic N) is 3. The molecule has 0 aliphatic heterocycles. The molecule has 0 aliphatic carbocycles. The molecule has 0 unspecified atom stereocenters. The summed E-state index contributed by atoms with van der Waals surface area (Å²) in [5, 5.41) is 17.8. The van der Waals surface area contributed by atoms with Crippen LogP contribution in [-0.2, 0) is 14.8 Å².